The number of rotatable bonds is 5. The molecule has 18 heavy (non-hydrogen) atoms. The van der Waals surface area contributed by atoms with Crippen molar-refractivity contribution in [2.75, 3.05) is 6.54 Å². The van der Waals surface area contributed by atoms with Gasteiger partial charge in [0.2, 0.25) is 0 Å². The Morgan fingerprint density at radius 3 is 2.67 bits per heavy atom. The predicted octanol–water partition coefficient (Wildman–Crippen LogP) is -1.55. The van der Waals surface area contributed by atoms with E-state index in [4.69, 9.17) is 5.11 Å². The highest BCUT2D eigenvalue weighted by atomic mass is 16.4. The third-order valence-electron chi connectivity index (χ3n) is 2.27. The zero-order valence-electron chi connectivity index (χ0n) is 10.0. The number of hydrogen-bond donors (Lipinski definition) is 4. The number of aromatic nitrogens is 3. The summed E-state index contributed by atoms with van der Waals surface area (Å²) in [6.07, 6.45) is 1.49. The van der Waals surface area contributed by atoms with Gasteiger partial charge in [0.1, 0.15) is 6.33 Å². The molecule has 0 spiro atoms. The second kappa shape index (κ2) is 5.45. The number of nitrogens with one attached hydrogen (secondary N) is 2. The molecule has 1 aromatic rings. The topological polar surface area (TPSA) is 129 Å². The van der Waals surface area contributed by atoms with Crippen LogP contribution in [-0.2, 0) is 18.4 Å². The molecule has 0 aliphatic carbocycles. The van der Waals surface area contributed by atoms with Crippen molar-refractivity contribution in [2.45, 2.75) is 19.1 Å². The summed E-state index contributed by atoms with van der Waals surface area (Å²) in [4.78, 5) is 21.9. The third-order valence-corrected chi connectivity index (χ3v) is 2.27. The molecule has 4 N–H and O–H groups in total. The van der Waals surface area contributed by atoms with Gasteiger partial charge in [-0.05, 0) is 6.92 Å². The van der Waals surface area contributed by atoms with Crippen molar-refractivity contribution < 1.29 is 19.8 Å². The summed E-state index contributed by atoms with van der Waals surface area (Å²) in [7, 11) is 1.73. The number of aryl methyl sites for hydroxylation is 1. The molecule has 9 heteroatoms. The lowest BCUT2D eigenvalue weighted by molar-refractivity contribution is -0.155. The predicted molar refractivity (Wildman–Crippen MR) is 59.5 cm³/mol. The van der Waals surface area contributed by atoms with Gasteiger partial charge in [-0.1, -0.05) is 0 Å². The van der Waals surface area contributed by atoms with Crippen molar-refractivity contribution in [1.82, 2.24) is 25.4 Å². The van der Waals surface area contributed by atoms with E-state index in [1.54, 1.807) is 11.6 Å². The Morgan fingerprint density at radius 2 is 2.17 bits per heavy atom. The molecule has 2 amide bonds. The van der Waals surface area contributed by atoms with Crippen molar-refractivity contribution in [3.63, 3.8) is 0 Å². The molecular formula is C9H15N5O4. The van der Waals surface area contributed by atoms with E-state index >= 15 is 0 Å². The molecule has 0 fully saturated rings. The highest BCUT2D eigenvalue weighted by molar-refractivity contribution is 5.79. The average Bonchev–Trinajstić information content (AvgIpc) is 2.69. The molecule has 1 unspecified atom stereocenters. The van der Waals surface area contributed by atoms with Gasteiger partial charge in [0.15, 0.2) is 11.4 Å². The minimum absolute atomic E-state index is 0.150. The molecule has 1 aromatic heterocycles. The smallest absolute Gasteiger partial charge is 0.337 e. The van der Waals surface area contributed by atoms with Gasteiger partial charge in [-0.25, -0.2) is 9.59 Å². The number of urea groups is 1. The van der Waals surface area contributed by atoms with Crippen LogP contribution in [-0.4, -0.2) is 49.1 Å². The fourth-order valence-corrected chi connectivity index (χ4v) is 1.02. The molecule has 0 aliphatic heterocycles. The Bertz CT molecular complexity index is 442. The van der Waals surface area contributed by atoms with Crippen molar-refractivity contribution >= 4 is 12.0 Å². The van der Waals surface area contributed by atoms with Crippen LogP contribution >= 0.6 is 0 Å². The molecule has 0 radical (unpaired) electrons. The summed E-state index contributed by atoms with van der Waals surface area (Å²) in [6.45, 7) is 0.850. The maximum Gasteiger partial charge on any atom is 0.337 e. The first-order valence-corrected chi connectivity index (χ1v) is 5.13. The fraction of sp³-hybridized carbons (Fsp3) is 0.556. The lowest BCUT2D eigenvalue weighted by atomic mass is 10.1. The van der Waals surface area contributed by atoms with Crippen molar-refractivity contribution in [2.24, 2.45) is 7.05 Å². The normalized spacial score (nSPS) is 13.7. The first-order chi connectivity index (χ1) is 8.33. The lowest BCUT2D eigenvalue weighted by Gasteiger charge is -2.18. The number of carbonyl (C=O) groups is 2. The van der Waals surface area contributed by atoms with E-state index in [9.17, 15) is 14.7 Å². The molecule has 0 aromatic carbocycles. The second-order valence-electron chi connectivity index (χ2n) is 3.97. The minimum Gasteiger partial charge on any atom is -0.479 e. The Morgan fingerprint density at radius 1 is 1.50 bits per heavy atom. The maximum atomic E-state index is 11.3. The zero-order chi connectivity index (χ0) is 13.8. The van der Waals surface area contributed by atoms with Crippen molar-refractivity contribution in [1.29, 1.82) is 0 Å². The quantitative estimate of drug-likeness (QED) is 0.505. The van der Waals surface area contributed by atoms with Gasteiger partial charge in [-0.3, -0.25) is 0 Å². The van der Waals surface area contributed by atoms with E-state index in [-0.39, 0.29) is 6.54 Å². The van der Waals surface area contributed by atoms with Gasteiger partial charge in [0.05, 0.1) is 13.1 Å². The van der Waals surface area contributed by atoms with Crippen LogP contribution < -0.4 is 10.6 Å². The Labute approximate surface area is 103 Å². The van der Waals surface area contributed by atoms with E-state index in [2.05, 4.69) is 20.8 Å². The number of carboxylic acid groups (broad SMARTS) is 1. The molecule has 9 nitrogen and oxygen atoms in total. The first-order valence-electron chi connectivity index (χ1n) is 5.13. The van der Waals surface area contributed by atoms with Crippen molar-refractivity contribution in [3.8, 4) is 0 Å². The third kappa shape index (κ3) is 3.70. The monoisotopic (exact) mass is 257 g/mol. The Kier molecular flexibility index (Phi) is 4.21. The van der Waals surface area contributed by atoms with Crippen LogP contribution in [0.25, 0.3) is 0 Å². The summed E-state index contributed by atoms with van der Waals surface area (Å²) in [5.74, 6) is -0.855. The highest BCUT2D eigenvalue weighted by Gasteiger charge is 2.30. The Hall–Kier alpha value is -2.16. The maximum absolute atomic E-state index is 11.3. The summed E-state index contributed by atoms with van der Waals surface area (Å²) < 4.78 is 1.63. The average molecular weight is 257 g/mol. The molecule has 0 bridgehead atoms. The van der Waals surface area contributed by atoms with E-state index in [0.717, 1.165) is 6.92 Å². The molecule has 1 atom stereocenters. The summed E-state index contributed by atoms with van der Waals surface area (Å²) >= 11 is 0. The van der Waals surface area contributed by atoms with E-state index in [0.29, 0.717) is 5.82 Å². The van der Waals surface area contributed by atoms with Gasteiger partial charge >= 0.3 is 12.0 Å². The van der Waals surface area contributed by atoms with Crippen LogP contribution in [0.3, 0.4) is 0 Å². The van der Waals surface area contributed by atoms with Gasteiger partial charge in [0.25, 0.3) is 0 Å². The largest absolute Gasteiger partial charge is 0.479 e. The Balaban J connectivity index is 2.35. The van der Waals surface area contributed by atoms with Gasteiger partial charge in [-0.2, -0.15) is 0 Å². The van der Waals surface area contributed by atoms with Crippen molar-refractivity contribution in [3.05, 3.63) is 12.2 Å². The zero-order valence-corrected chi connectivity index (χ0v) is 10.0. The summed E-state index contributed by atoms with van der Waals surface area (Å²) in [5, 5.41) is 30.1. The summed E-state index contributed by atoms with van der Waals surface area (Å²) in [6, 6.07) is -0.598. The number of carbonyl (C=O) groups excluding carboxylic acids is 1. The SMILES string of the molecule is Cn1cnnc1CNC(=O)NCC(C)(O)C(=O)O. The number of nitrogens with zero attached hydrogens (tertiary/aromatic N) is 3. The van der Waals surface area contributed by atoms with E-state index < -0.39 is 24.1 Å². The van der Waals surface area contributed by atoms with E-state index in [1.807, 2.05) is 0 Å². The molecule has 0 saturated carbocycles. The number of aliphatic carboxylic acids is 1. The second-order valence-corrected chi connectivity index (χ2v) is 3.97. The minimum atomic E-state index is -2.00. The number of amides is 2. The van der Waals surface area contributed by atoms with Gasteiger partial charge in [0, 0.05) is 7.05 Å². The lowest BCUT2D eigenvalue weighted by Crippen LogP contribution is -2.49. The van der Waals surface area contributed by atoms with Crippen LogP contribution in [0.5, 0.6) is 0 Å². The molecular weight excluding hydrogens is 242 g/mol. The van der Waals surface area contributed by atoms with Gasteiger partial charge < -0.3 is 25.4 Å². The molecule has 0 saturated heterocycles. The number of aliphatic hydroxyl groups is 1. The molecule has 0 aliphatic rings. The molecule has 1 rings (SSSR count). The number of carboxylic acids is 1. The van der Waals surface area contributed by atoms with Crippen LogP contribution in [0.2, 0.25) is 0 Å². The summed E-state index contributed by atoms with van der Waals surface area (Å²) in [5.41, 5.74) is -2.00. The standard InChI is InChI=1S/C9H15N5O4/c1-9(18,7(15)16)4-11-8(17)10-3-6-13-12-5-14(6)2/h5,18H,3-4H2,1-2H3,(H,15,16)(H2,10,11,17). The van der Waals surface area contributed by atoms with E-state index in [1.165, 1.54) is 6.33 Å². The van der Waals surface area contributed by atoms with Crippen LogP contribution in [0.1, 0.15) is 12.7 Å². The van der Waals surface area contributed by atoms with Gasteiger partial charge in [-0.15, -0.1) is 10.2 Å². The highest BCUT2D eigenvalue weighted by Crippen LogP contribution is 2.00. The van der Waals surface area contributed by atoms with Crippen LogP contribution in [0.4, 0.5) is 4.79 Å². The van der Waals surface area contributed by atoms with Crippen LogP contribution in [0, 0.1) is 0 Å². The number of hydrogen-bond acceptors (Lipinski definition) is 5. The molecule has 1 heterocycles. The fourth-order valence-electron chi connectivity index (χ4n) is 1.02. The molecule has 100 valence electrons. The van der Waals surface area contributed by atoms with Crippen LogP contribution in [0.15, 0.2) is 6.33 Å². The first kappa shape index (κ1) is 13.9.